The molecule has 5 heteroatoms. The summed E-state index contributed by atoms with van der Waals surface area (Å²) in [6.45, 7) is 1.21. The molecule has 3 N–H and O–H groups in total. The Hall–Kier alpha value is -1.62. The van der Waals surface area contributed by atoms with Crippen LogP contribution in [-0.2, 0) is 11.4 Å². The van der Waals surface area contributed by atoms with Crippen molar-refractivity contribution in [3.8, 4) is 5.75 Å². The molecule has 1 heterocycles. The zero-order chi connectivity index (χ0) is 10.7. The molecule has 0 fully saturated rings. The molecule has 1 aromatic rings. The molecule has 0 radical (unpaired) electrons. The second kappa shape index (κ2) is 4.06. The minimum atomic E-state index is -1.02. The number of aliphatic hydroxyl groups is 1. The molecule has 0 aliphatic heterocycles. The van der Waals surface area contributed by atoms with Crippen LogP contribution in [0.5, 0.6) is 5.75 Å². The Morgan fingerprint density at radius 2 is 2.21 bits per heavy atom. The molecule has 0 aromatic carbocycles. The zero-order valence-corrected chi connectivity index (χ0v) is 7.71. The summed E-state index contributed by atoms with van der Waals surface area (Å²) in [5, 5.41) is 26.9. The van der Waals surface area contributed by atoms with Crippen molar-refractivity contribution in [1.29, 1.82) is 0 Å². The number of aromatic hydroxyl groups is 1. The van der Waals surface area contributed by atoms with E-state index in [0.717, 1.165) is 0 Å². The summed E-state index contributed by atoms with van der Waals surface area (Å²) >= 11 is 0. The average molecular weight is 198 g/mol. The summed E-state index contributed by atoms with van der Waals surface area (Å²) < 4.78 is 1.32. The van der Waals surface area contributed by atoms with Gasteiger partial charge in [-0.05, 0) is 6.07 Å². The number of carboxylic acids is 1. The van der Waals surface area contributed by atoms with E-state index >= 15 is 0 Å². The molecule has 0 amide bonds. The van der Waals surface area contributed by atoms with Crippen molar-refractivity contribution in [3.63, 3.8) is 0 Å². The fraction of sp³-hybridized carbons (Fsp3) is 0.333. The molecule has 76 valence electrons. The summed E-state index contributed by atoms with van der Waals surface area (Å²) in [6, 6.07) is 2.06. The Bertz CT molecular complexity index is 351. The van der Waals surface area contributed by atoms with E-state index < -0.39 is 12.0 Å². The molecule has 1 aromatic heterocycles. The number of carboxylic acid groups (broad SMARTS) is 1. The molecule has 0 aliphatic rings. The molecule has 0 spiro atoms. The maximum atomic E-state index is 10.7. The fourth-order valence-electron chi connectivity index (χ4n) is 1.15. The highest BCUT2D eigenvalue weighted by atomic mass is 16.4. The summed E-state index contributed by atoms with van der Waals surface area (Å²) in [6.07, 6.45) is 1.28. The number of carbonyl (C=O) groups is 1. The van der Waals surface area contributed by atoms with E-state index in [-0.39, 0.29) is 12.4 Å². The maximum Gasteiger partial charge on any atom is 0.373 e. The van der Waals surface area contributed by atoms with E-state index in [1.807, 2.05) is 0 Å². The lowest BCUT2D eigenvalue weighted by Crippen LogP contribution is -2.45. The highest BCUT2D eigenvalue weighted by molar-refractivity contribution is 5.69. The fourth-order valence-corrected chi connectivity index (χ4v) is 1.15. The summed E-state index contributed by atoms with van der Waals surface area (Å²) in [5.74, 6) is -1.05. The first-order chi connectivity index (χ1) is 6.56. The average Bonchev–Trinajstić information content (AvgIpc) is 2.16. The lowest BCUT2D eigenvalue weighted by molar-refractivity contribution is -0.716. The highest BCUT2D eigenvalue weighted by Gasteiger charge is 2.24. The van der Waals surface area contributed by atoms with E-state index in [0.29, 0.717) is 5.69 Å². The molecule has 0 aliphatic carbocycles. The van der Waals surface area contributed by atoms with Crippen LogP contribution in [0.15, 0.2) is 18.3 Å². The van der Waals surface area contributed by atoms with E-state index in [1.165, 1.54) is 29.8 Å². The van der Waals surface area contributed by atoms with Crippen LogP contribution in [-0.4, -0.2) is 21.3 Å². The summed E-state index contributed by atoms with van der Waals surface area (Å²) in [5.41, 5.74) is 0.442. The van der Waals surface area contributed by atoms with E-state index in [2.05, 4.69) is 0 Å². The first kappa shape index (κ1) is 10.5. The molecule has 0 saturated heterocycles. The summed E-state index contributed by atoms with van der Waals surface area (Å²) in [7, 11) is 0. The number of hydrogen-bond donors (Lipinski definition) is 3. The first-order valence-electron chi connectivity index (χ1n) is 4.13. The smallest absolute Gasteiger partial charge is 0.373 e. The van der Waals surface area contributed by atoms with Gasteiger partial charge in [0.05, 0.1) is 0 Å². The molecule has 1 atom stereocenters. The monoisotopic (exact) mass is 198 g/mol. The van der Waals surface area contributed by atoms with Crippen molar-refractivity contribution in [2.75, 3.05) is 0 Å². The predicted octanol–water partition coefficient (Wildman–Crippen LogP) is -0.182. The minimum Gasteiger partial charge on any atom is -0.503 e. The number of aromatic nitrogens is 1. The number of aliphatic carboxylic acids is 1. The van der Waals surface area contributed by atoms with Crippen LogP contribution in [0.2, 0.25) is 0 Å². The normalized spacial score (nSPS) is 12.4. The number of pyridine rings is 1. The van der Waals surface area contributed by atoms with Crippen molar-refractivity contribution < 1.29 is 24.7 Å². The standard InChI is InChI=1S/C9H11NO4/c1-6(9(13)14)10-4-8(12)3-2-7(10)5-11/h2-4,6,11H,5H2,1H3,(H-,12,13,14)/p+1/t6-/m1/s1. The molecule has 0 saturated carbocycles. The Morgan fingerprint density at radius 1 is 1.57 bits per heavy atom. The van der Waals surface area contributed by atoms with E-state index in [1.54, 1.807) is 0 Å². The topological polar surface area (TPSA) is 81.6 Å². The predicted molar refractivity (Wildman–Crippen MR) is 46.6 cm³/mol. The van der Waals surface area contributed by atoms with Gasteiger partial charge in [-0.25, -0.2) is 4.79 Å². The van der Waals surface area contributed by atoms with Crippen LogP contribution < -0.4 is 4.57 Å². The third-order valence-corrected chi connectivity index (χ3v) is 1.99. The molecule has 14 heavy (non-hydrogen) atoms. The van der Waals surface area contributed by atoms with E-state index in [4.69, 9.17) is 15.3 Å². The van der Waals surface area contributed by atoms with Crippen LogP contribution in [0.4, 0.5) is 0 Å². The van der Waals surface area contributed by atoms with Gasteiger partial charge in [0.15, 0.2) is 5.75 Å². The van der Waals surface area contributed by atoms with Crippen LogP contribution in [0.1, 0.15) is 18.7 Å². The number of hydrogen-bond acceptors (Lipinski definition) is 3. The molecule has 0 unspecified atom stereocenters. The van der Waals surface area contributed by atoms with Gasteiger partial charge < -0.3 is 15.3 Å². The van der Waals surface area contributed by atoms with Gasteiger partial charge in [0.2, 0.25) is 11.9 Å². The van der Waals surface area contributed by atoms with Gasteiger partial charge in [0, 0.05) is 13.0 Å². The first-order valence-corrected chi connectivity index (χ1v) is 4.13. The lowest BCUT2D eigenvalue weighted by Gasteiger charge is -2.05. The molecule has 0 bridgehead atoms. The minimum absolute atomic E-state index is 0.0321. The number of nitrogens with zero attached hydrogens (tertiary/aromatic N) is 1. The molecular formula is C9H12NO4+. The van der Waals surface area contributed by atoms with Crippen LogP contribution in [0, 0.1) is 0 Å². The lowest BCUT2D eigenvalue weighted by atomic mass is 10.2. The maximum absolute atomic E-state index is 10.7. The van der Waals surface area contributed by atoms with Gasteiger partial charge in [-0.2, -0.15) is 4.57 Å². The van der Waals surface area contributed by atoms with Gasteiger partial charge in [0.25, 0.3) is 6.04 Å². The SMILES string of the molecule is C[C@H](C(=O)O)[n+]1cc(O)ccc1CO. The summed E-state index contributed by atoms with van der Waals surface area (Å²) in [4.78, 5) is 10.7. The van der Waals surface area contributed by atoms with Crippen molar-refractivity contribution in [3.05, 3.63) is 24.0 Å². The second-order valence-corrected chi connectivity index (χ2v) is 2.96. The molecule has 1 rings (SSSR count). The Balaban J connectivity index is 3.16. The molecular weight excluding hydrogens is 186 g/mol. The zero-order valence-electron chi connectivity index (χ0n) is 7.71. The van der Waals surface area contributed by atoms with E-state index in [9.17, 15) is 4.79 Å². The Kier molecular flexibility index (Phi) is 3.03. The van der Waals surface area contributed by atoms with Crippen molar-refractivity contribution in [2.45, 2.75) is 19.6 Å². The van der Waals surface area contributed by atoms with Crippen molar-refractivity contribution in [1.82, 2.24) is 0 Å². The van der Waals surface area contributed by atoms with Gasteiger partial charge in [0.1, 0.15) is 6.61 Å². The third-order valence-electron chi connectivity index (χ3n) is 1.99. The Morgan fingerprint density at radius 3 is 2.71 bits per heavy atom. The van der Waals surface area contributed by atoms with Crippen molar-refractivity contribution >= 4 is 5.97 Å². The van der Waals surface area contributed by atoms with Crippen LogP contribution in [0.3, 0.4) is 0 Å². The highest BCUT2D eigenvalue weighted by Crippen LogP contribution is 2.08. The van der Waals surface area contributed by atoms with Crippen LogP contribution >= 0.6 is 0 Å². The van der Waals surface area contributed by atoms with Gasteiger partial charge in [-0.15, -0.1) is 0 Å². The van der Waals surface area contributed by atoms with Gasteiger partial charge in [-0.3, -0.25) is 0 Å². The van der Waals surface area contributed by atoms with Gasteiger partial charge >= 0.3 is 5.97 Å². The second-order valence-electron chi connectivity index (χ2n) is 2.96. The largest absolute Gasteiger partial charge is 0.503 e. The van der Waals surface area contributed by atoms with Crippen molar-refractivity contribution in [2.24, 2.45) is 0 Å². The quantitative estimate of drug-likeness (QED) is 0.588. The van der Waals surface area contributed by atoms with Crippen LogP contribution in [0.25, 0.3) is 0 Å². The molecule has 5 nitrogen and oxygen atoms in total. The Labute approximate surface area is 80.9 Å². The number of rotatable bonds is 3. The third kappa shape index (κ3) is 2.00. The number of aliphatic hydroxyl groups excluding tert-OH is 1. The van der Waals surface area contributed by atoms with Gasteiger partial charge in [-0.1, -0.05) is 0 Å².